The minimum Gasteiger partial charge on any atom is -0.435 e. The summed E-state index contributed by atoms with van der Waals surface area (Å²) >= 11 is 0. The Hall–Kier alpha value is -1.09. The van der Waals surface area contributed by atoms with Crippen LogP contribution < -0.4 is 0 Å². The highest BCUT2D eigenvalue weighted by molar-refractivity contribution is 5.66. The normalized spacial score (nSPS) is 10.1. The highest BCUT2D eigenvalue weighted by Crippen LogP contribution is 1.73. The van der Waals surface area contributed by atoms with Crippen molar-refractivity contribution in [3.8, 4) is 0 Å². The van der Waals surface area contributed by atoms with Gasteiger partial charge in [0.15, 0.2) is 0 Å². The molecule has 0 aliphatic carbocycles. The van der Waals surface area contributed by atoms with Crippen LogP contribution in [0.15, 0.2) is 25.5 Å². The van der Waals surface area contributed by atoms with Crippen LogP contribution >= 0.6 is 0 Å². The van der Waals surface area contributed by atoms with Crippen LogP contribution in [0.5, 0.6) is 0 Å². The molecule has 1 unspecified atom stereocenters. The lowest BCUT2D eigenvalue weighted by molar-refractivity contribution is -0.135. The van der Waals surface area contributed by atoms with E-state index in [0.29, 0.717) is 0 Å². The van der Waals surface area contributed by atoms with Crippen molar-refractivity contribution in [1.29, 1.82) is 0 Å². The van der Waals surface area contributed by atoms with Crippen molar-refractivity contribution in [2.45, 2.75) is 20.0 Å². The van der Waals surface area contributed by atoms with Crippen LogP contribution in [-0.2, 0) is 9.53 Å². The predicted molar refractivity (Wildman–Crippen MR) is 43.8 cm³/mol. The van der Waals surface area contributed by atoms with E-state index in [0.717, 1.165) is 6.26 Å². The SMILES string of the molecule is C=CC(C)O.C=COC(C)=O. The molecule has 64 valence electrons. The maximum Gasteiger partial charge on any atom is 0.307 e. The summed E-state index contributed by atoms with van der Waals surface area (Å²) in [6.07, 6.45) is 2.22. The lowest BCUT2D eigenvalue weighted by Gasteiger charge is -1.84. The zero-order chi connectivity index (χ0) is 9.28. The van der Waals surface area contributed by atoms with Gasteiger partial charge in [0.2, 0.25) is 0 Å². The molecular weight excluding hydrogens is 144 g/mol. The van der Waals surface area contributed by atoms with Crippen LogP contribution in [-0.4, -0.2) is 17.2 Å². The van der Waals surface area contributed by atoms with Crippen LogP contribution in [0.3, 0.4) is 0 Å². The Bertz CT molecular complexity index is 127. The average Bonchev–Trinajstić information content (AvgIpc) is 1.89. The standard InChI is InChI=1S/C4H6O2.C4H8O/c1-3-6-4(2)5;1-3-4(2)5/h3H,1H2,2H3;3-5H,1H2,2H3. The van der Waals surface area contributed by atoms with Gasteiger partial charge in [-0.25, -0.2) is 0 Å². The van der Waals surface area contributed by atoms with E-state index in [4.69, 9.17) is 5.11 Å². The van der Waals surface area contributed by atoms with Crippen LogP contribution in [0.2, 0.25) is 0 Å². The molecule has 0 aromatic carbocycles. The van der Waals surface area contributed by atoms with E-state index in [1.165, 1.54) is 13.0 Å². The smallest absolute Gasteiger partial charge is 0.307 e. The number of aliphatic hydroxyl groups excluding tert-OH is 1. The molecule has 1 atom stereocenters. The van der Waals surface area contributed by atoms with E-state index in [9.17, 15) is 4.79 Å². The van der Waals surface area contributed by atoms with Crippen molar-refractivity contribution in [2.75, 3.05) is 0 Å². The summed E-state index contributed by atoms with van der Waals surface area (Å²) in [5, 5.41) is 8.24. The Morgan fingerprint density at radius 2 is 2.00 bits per heavy atom. The Labute approximate surface area is 67.0 Å². The molecule has 0 heterocycles. The molecule has 3 heteroatoms. The van der Waals surface area contributed by atoms with Crippen LogP contribution in [0.1, 0.15) is 13.8 Å². The first-order valence-electron chi connectivity index (χ1n) is 3.13. The summed E-state index contributed by atoms with van der Waals surface area (Å²) in [4.78, 5) is 9.75. The molecule has 0 aromatic rings. The molecule has 0 spiro atoms. The number of rotatable bonds is 2. The molecular formula is C8H14O3. The molecule has 0 rings (SSSR count). The van der Waals surface area contributed by atoms with E-state index < -0.39 is 0 Å². The fraction of sp³-hybridized carbons (Fsp3) is 0.375. The molecule has 11 heavy (non-hydrogen) atoms. The molecule has 0 fully saturated rings. The zero-order valence-corrected chi connectivity index (χ0v) is 6.91. The van der Waals surface area contributed by atoms with Crippen LogP contribution in [0.25, 0.3) is 0 Å². The summed E-state index contributed by atoms with van der Waals surface area (Å²) in [6.45, 7) is 9.45. The van der Waals surface area contributed by atoms with Gasteiger partial charge in [-0.15, -0.1) is 6.58 Å². The van der Waals surface area contributed by atoms with Crippen molar-refractivity contribution in [3.63, 3.8) is 0 Å². The second-order valence-electron chi connectivity index (χ2n) is 1.75. The molecule has 0 aliphatic rings. The quantitative estimate of drug-likeness (QED) is 0.373. The van der Waals surface area contributed by atoms with E-state index in [-0.39, 0.29) is 12.1 Å². The van der Waals surface area contributed by atoms with Crippen molar-refractivity contribution in [1.82, 2.24) is 0 Å². The fourth-order valence-corrected chi connectivity index (χ4v) is 0.117. The fourth-order valence-electron chi connectivity index (χ4n) is 0.117. The van der Waals surface area contributed by atoms with Gasteiger partial charge in [0.1, 0.15) is 0 Å². The Morgan fingerprint density at radius 1 is 1.64 bits per heavy atom. The number of carbonyl (C=O) groups is 1. The first-order valence-corrected chi connectivity index (χ1v) is 3.13. The average molecular weight is 158 g/mol. The lowest BCUT2D eigenvalue weighted by Crippen LogP contribution is -1.88. The zero-order valence-electron chi connectivity index (χ0n) is 6.91. The molecule has 0 bridgehead atoms. The molecule has 0 amide bonds. The van der Waals surface area contributed by atoms with Gasteiger partial charge in [-0.05, 0) is 6.92 Å². The van der Waals surface area contributed by atoms with Crippen molar-refractivity contribution in [3.05, 3.63) is 25.5 Å². The highest BCUT2D eigenvalue weighted by atomic mass is 16.5. The van der Waals surface area contributed by atoms with E-state index in [2.05, 4.69) is 17.9 Å². The van der Waals surface area contributed by atoms with Crippen LogP contribution in [0.4, 0.5) is 0 Å². The molecule has 0 saturated heterocycles. The van der Waals surface area contributed by atoms with E-state index in [1.807, 2.05) is 0 Å². The van der Waals surface area contributed by atoms with E-state index in [1.54, 1.807) is 6.92 Å². The van der Waals surface area contributed by atoms with Crippen LogP contribution in [0, 0.1) is 0 Å². The summed E-state index contributed by atoms with van der Waals surface area (Å²) in [5.74, 6) is -0.329. The number of ether oxygens (including phenoxy) is 1. The number of esters is 1. The second-order valence-corrected chi connectivity index (χ2v) is 1.75. The van der Waals surface area contributed by atoms with Gasteiger partial charge in [0.05, 0.1) is 12.4 Å². The largest absolute Gasteiger partial charge is 0.435 e. The van der Waals surface area contributed by atoms with Gasteiger partial charge >= 0.3 is 5.97 Å². The molecule has 0 aromatic heterocycles. The number of hydrogen-bond donors (Lipinski definition) is 1. The second kappa shape index (κ2) is 8.91. The minimum absolute atomic E-state index is 0.329. The summed E-state index contributed by atoms with van der Waals surface area (Å²) in [6, 6.07) is 0. The topological polar surface area (TPSA) is 46.5 Å². The summed E-state index contributed by atoms with van der Waals surface area (Å²) in [7, 11) is 0. The number of carbonyl (C=O) groups excluding carboxylic acids is 1. The van der Waals surface area contributed by atoms with Gasteiger partial charge in [-0.3, -0.25) is 4.79 Å². The van der Waals surface area contributed by atoms with Gasteiger partial charge in [0.25, 0.3) is 0 Å². The molecule has 0 saturated carbocycles. The van der Waals surface area contributed by atoms with Crippen molar-refractivity contribution >= 4 is 5.97 Å². The third-order valence-corrected chi connectivity index (χ3v) is 0.590. The number of hydrogen-bond acceptors (Lipinski definition) is 3. The molecule has 0 aliphatic heterocycles. The van der Waals surface area contributed by atoms with E-state index >= 15 is 0 Å². The van der Waals surface area contributed by atoms with Gasteiger partial charge in [-0.2, -0.15) is 0 Å². The number of aliphatic hydroxyl groups is 1. The minimum atomic E-state index is -0.352. The maximum atomic E-state index is 9.75. The van der Waals surface area contributed by atoms with Crippen molar-refractivity contribution in [2.24, 2.45) is 0 Å². The first-order chi connectivity index (χ1) is 5.04. The third-order valence-electron chi connectivity index (χ3n) is 0.590. The summed E-state index contributed by atoms with van der Waals surface area (Å²) < 4.78 is 4.17. The predicted octanol–water partition coefficient (Wildman–Crippen LogP) is 1.25. The van der Waals surface area contributed by atoms with Gasteiger partial charge in [0, 0.05) is 6.92 Å². The van der Waals surface area contributed by atoms with Crippen molar-refractivity contribution < 1.29 is 14.6 Å². The lowest BCUT2D eigenvalue weighted by atomic mass is 10.4. The first kappa shape index (κ1) is 12.6. The molecule has 3 nitrogen and oxygen atoms in total. The highest BCUT2D eigenvalue weighted by Gasteiger charge is 1.79. The Morgan fingerprint density at radius 3 is 2.00 bits per heavy atom. The maximum absolute atomic E-state index is 9.75. The third kappa shape index (κ3) is 27.8. The molecule has 0 radical (unpaired) electrons. The summed E-state index contributed by atoms with van der Waals surface area (Å²) in [5.41, 5.74) is 0. The van der Waals surface area contributed by atoms with Gasteiger partial charge in [-0.1, -0.05) is 12.7 Å². The Balaban J connectivity index is 0. The molecule has 1 N–H and O–H groups in total. The van der Waals surface area contributed by atoms with Gasteiger partial charge < -0.3 is 9.84 Å². The monoisotopic (exact) mass is 158 g/mol. The Kier molecular flexibility index (Phi) is 10.2.